The minimum absolute atomic E-state index is 0.118. The van der Waals surface area contributed by atoms with Crippen LogP contribution in [-0.4, -0.2) is 38.1 Å². The van der Waals surface area contributed by atoms with E-state index in [0.717, 1.165) is 12.8 Å². The normalized spacial score (nSPS) is 15.7. The first-order valence-corrected chi connectivity index (χ1v) is 8.11. The van der Waals surface area contributed by atoms with Crippen molar-refractivity contribution in [1.29, 1.82) is 0 Å². The van der Waals surface area contributed by atoms with E-state index in [1.807, 2.05) is 0 Å². The summed E-state index contributed by atoms with van der Waals surface area (Å²) in [7, 11) is -3.42. The van der Waals surface area contributed by atoms with Gasteiger partial charge in [-0.25, -0.2) is 8.42 Å². The summed E-state index contributed by atoms with van der Waals surface area (Å²) in [6.07, 6.45) is 1.92. The van der Waals surface area contributed by atoms with Crippen molar-refractivity contribution in [1.82, 2.24) is 4.90 Å². The zero-order valence-corrected chi connectivity index (χ0v) is 11.5. The van der Waals surface area contributed by atoms with Gasteiger partial charge in [0.1, 0.15) is 5.75 Å². The number of hydrogen-bond acceptors (Lipinski definition) is 4. The van der Waals surface area contributed by atoms with Gasteiger partial charge in [0.2, 0.25) is 5.91 Å². The molecule has 0 aromatic heterocycles. The Kier molecular flexibility index (Phi) is 4.09. The first-order valence-electron chi connectivity index (χ1n) is 6.29. The van der Waals surface area contributed by atoms with Gasteiger partial charge in [-0.15, -0.1) is 0 Å². The van der Waals surface area contributed by atoms with Crippen molar-refractivity contribution in [3.8, 4) is 0 Å². The van der Waals surface area contributed by atoms with Gasteiger partial charge in [0.05, 0.1) is 5.75 Å². The molecule has 0 spiro atoms. The highest BCUT2D eigenvalue weighted by Crippen LogP contribution is 2.12. The number of anilines is 1. The molecule has 1 heterocycles. The summed E-state index contributed by atoms with van der Waals surface area (Å²) in [6, 6.07) is 6.67. The van der Waals surface area contributed by atoms with Crippen molar-refractivity contribution in [3.63, 3.8) is 0 Å². The van der Waals surface area contributed by atoms with E-state index in [0.29, 0.717) is 24.3 Å². The standard InChI is InChI=1S/C13H18N2O3S/c14-12-5-3-11(4-6-12)9-19(17,18)10-13(16)15-7-1-2-8-15/h3-6H,1-2,7-10,14H2. The summed E-state index contributed by atoms with van der Waals surface area (Å²) in [6.45, 7) is 1.35. The molecular weight excluding hydrogens is 264 g/mol. The molecule has 19 heavy (non-hydrogen) atoms. The second-order valence-corrected chi connectivity index (χ2v) is 6.93. The SMILES string of the molecule is Nc1ccc(CS(=O)(=O)CC(=O)N2CCCC2)cc1. The van der Waals surface area contributed by atoms with E-state index in [4.69, 9.17) is 5.73 Å². The van der Waals surface area contributed by atoms with Crippen molar-refractivity contribution in [2.24, 2.45) is 0 Å². The van der Waals surface area contributed by atoms with E-state index in [1.54, 1.807) is 29.2 Å². The largest absolute Gasteiger partial charge is 0.399 e. The predicted octanol–water partition coefficient (Wildman–Crippen LogP) is 0.806. The zero-order valence-electron chi connectivity index (χ0n) is 10.7. The van der Waals surface area contributed by atoms with Crippen LogP contribution in [0.4, 0.5) is 5.69 Å². The van der Waals surface area contributed by atoms with Crippen LogP contribution in [0.1, 0.15) is 18.4 Å². The van der Waals surface area contributed by atoms with Gasteiger partial charge >= 0.3 is 0 Å². The minimum atomic E-state index is -3.42. The molecular formula is C13H18N2O3S. The minimum Gasteiger partial charge on any atom is -0.399 e. The number of carbonyl (C=O) groups is 1. The summed E-state index contributed by atoms with van der Waals surface area (Å²) in [5, 5.41) is 0. The van der Waals surface area contributed by atoms with Gasteiger partial charge in [0.15, 0.2) is 9.84 Å². The summed E-state index contributed by atoms with van der Waals surface area (Å²) in [4.78, 5) is 13.5. The number of rotatable bonds is 4. The lowest BCUT2D eigenvalue weighted by molar-refractivity contribution is -0.127. The molecule has 0 atom stereocenters. The Hall–Kier alpha value is -1.56. The van der Waals surface area contributed by atoms with E-state index in [9.17, 15) is 13.2 Å². The molecule has 1 aromatic rings. The average Bonchev–Trinajstić information content (AvgIpc) is 2.85. The number of amides is 1. The third-order valence-corrected chi connectivity index (χ3v) is 4.63. The third kappa shape index (κ3) is 3.96. The number of likely N-dealkylation sites (tertiary alicyclic amines) is 1. The molecule has 1 fully saturated rings. The van der Waals surface area contributed by atoms with Crippen LogP contribution in [0.25, 0.3) is 0 Å². The molecule has 0 saturated carbocycles. The Morgan fingerprint density at radius 1 is 1.16 bits per heavy atom. The van der Waals surface area contributed by atoms with Gasteiger partial charge in [-0.1, -0.05) is 12.1 Å². The maximum absolute atomic E-state index is 12.0. The molecule has 0 radical (unpaired) electrons. The van der Waals surface area contributed by atoms with Crippen LogP contribution in [0.3, 0.4) is 0 Å². The maximum atomic E-state index is 12.0. The van der Waals surface area contributed by atoms with Crippen molar-refractivity contribution >= 4 is 21.4 Å². The fourth-order valence-corrected chi connectivity index (χ4v) is 3.53. The molecule has 5 nitrogen and oxygen atoms in total. The quantitative estimate of drug-likeness (QED) is 0.829. The topological polar surface area (TPSA) is 80.5 Å². The Labute approximate surface area is 113 Å². The highest BCUT2D eigenvalue weighted by molar-refractivity contribution is 7.91. The van der Waals surface area contributed by atoms with E-state index in [-0.39, 0.29) is 11.7 Å². The summed E-state index contributed by atoms with van der Waals surface area (Å²) in [5.41, 5.74) is 6.79. The average molecular weight is 282 g/mol. The van der Waals surface area contributed by atoms with Gasteiger partial charge in [0.25, 0.3) is 0 Å². The van der Waals surface area contributed by atoms with Crippen LogP contribution in [0.2, 0.25) is 0 Å². The Balaban J connectivity index is 1.98. The maximum Gasteiger partial charge on any atom is 0.237 e. The van der Waals surface area contributed by atoms with Gasteiger partial charge in [-0.2, -0.15) is 0 Å². The van der Waals surface area contributed by atoms with Crippen molar-refractivity contribution in [2.75, 3.05) is 24.6 Å². The second kappa shape index (κ2) is 5.61. The molecule has 1 aromatic carbocycles. The van der Waals surface area contributed by atoms with Crippen LogP contribution in [0.15, 0.2) is 24.3 Å². The van der Waals surface area contributed by atoms with E-state index < -0.39 is 15.6 Å². The number of nitrogen functional groups attached to an aromatic ring is 1. The molecule has 0 aliphatic carbocycles. The lowest BCUT2D eigenvalue weighted by Crippen LogP contribution is -2.33. The fraction of sp³-hybridized carbons (Fsp3) is 0.462. The third-order valence-electron chi connectivity index (χ3n) is 3.17. The highest BCUT2D eigenvalue weighted by Gasteiger charge is 2.24. The van der Waals surface area contributed by atoms with Crippen LogP contribution in [-0.2, 0) is 20.4 Å². The van der Waals surface area contributed by atoms with Gasteiger partial charge in [0, 0.05) is 18.8 Å². The number of sulfone groups is 1. The molecule has 1 saturated heterocycles. The summed E-state index contributed by atoms with van der Waals surface area (Å²) >= 11 is 0. The van der Waals surface area contributed by atoms with E-state index >= 15 is 0 Å². The molecule has 1 aliphatic heterocycles. The van der Waals surface area contributed by atoms with Crippen molar-refractivity contribution < 1.29 is 13.2 Å². The van der Waals surface area contributed by atoms with Crippen LogP contribution < -0.4 is 5.73 Å². The number of nitrogens with two attached hydrogens (primary N) is 1. The van der Waals surface area contributed by atoms with Gasteiger partial charge < -0.3 is 10.6 Å². The molecule has 0 bridgehead atoms. The fourth-order valence-electron chi connectivity index (χ4n) is 2.16. The van der Waals surface area contributed by atoms with Gasteiger partial charge in [-0.3, -0.25) is 4.79 Å². The summed E-state index contributed by atoms with van der Waals surface area (Å²) < 4.78 is 23.9. The van der Waals surface area contributed by atoms with Crippen molar-refractivity contribution in [2.45, 2.75) is 18.6 Å². The van der Waals surface area contributed by atoms with Crippen molar-refractivity contribution in [3.05, 3.63) is 29.8 Å². The molecule has 6 heteroatoms. The first-order chi connectivity index (χ1) is 8.96. The predicted molar refractivity (Wildman–Crippen MR) is 74.2 cm³/mol. The lowest BCUT2D eigenvalue weighted by Gasteiger charge is -2.15. The Bertz CT molecular complexity index is 546. The van der Waals surface area contributed by atoms with E-state index in [1.165, 1.54) is 0 Å². The monoisotopic (exact) mass is 282 g/mol. The Morgan fingerprint density at radius 2 is 1.74 bits per heavy atom. The second-order valence-electron chi connectivity index (χ2n) is 4.86. The molecule has 104 valence electrons. The molecule has 0 unspecified atom stereocenters. The zero-order chi connectivity index (χ0) is 13.9. The molecule has 2 N–H and O–H groups in total. The number of nitrogens with zero attached hydrogens (tertiary/aromatic N) is 1. The number of hydrogen-bond donors (Lipinski definition) is 1. The van der Waals surface area contributed by atoms with Crippen LogP contribution >= 0.6 is 0 Å². The highest BCUT2D eigenvalue weighted by atomic mass is 32.2. The van der Waals surface area contributed by atoms with E-state index in [2.05, 4.69) is 0 Å². The van der Waals surface area contributed by atoms with Crippen LogP contribution in [0, 0.1) is 0 Å². The van der Waals surface area contributed by atoms with Gasteiger partial charge in [-0.05, 0) is 30.5 Å². The molecule has 1 amide bonds. The lowest BCUT2D eigenvalue weighted by atomic mass is 10.2. The molecule has 1 aliphatic rings. The summed E-state index contributed by atoms with van der Waals surface area (Å²) in [5.74, 6) is -0.808. The number of carbonyl (C=O) groups excluding carboxylic acids is 1. The first kappa shape index (κ1) is 13.9. The molecule has 2 rings (SSSR count). The smallest absolute Gasteiger partial charge is 0.237 e. The van der Waals surface area contributed by atoms with Crippen LogP contribution in [0.5, 0.6) is 0 Å². The Morgan fingerprint density at radius 3 is 2.32 bits per heavy atom. The number of benzene rings is 1.